The molecule has 0 aliphatic carbocycles. The first-order chi connectivity index (χ1) is 6.49. The van der Waals surface area contributed by atoms with E-state index in [1.54, 1.807) is 12.1 Å². The normalized spacial score (nSPS) is 9.36. The molecule has 0 atom stereocenters. The first kappa shape index (κ1) is 12.3. The number of alkyl halides is 3. The summed E-state index contributed by atoms with van der Waals surface area (Å²) in [5.41, 5.74) is 0. The average molecular weight is 203 g/mol. The predicted molar refractivity (Wildman–Crippen MR) is 44.4 cm³/mol. The number of benzene rings is 1. The molecule has 0 bridgehead atoms. The fraction of sp³-hybridized carbons (Fsp3) is 0.222. The van der Waals surface area contributed by atoms with Gasteiger partial charge < -0.3 is 4.74 Å². The molecule has 1 rings (SSSR count). The summed E-state index contributed by atoms with van der Waals surface area (Å²) in [6, 6.07) is 8.80. The zero-order valence-electron chi connectivity index (χ0n) is 7.38. The Morgan fingerprint density at radius 3 is 2.00 bits per heavy atom. The van der Waals surface area contributed by atoms with Crippen molar-refractivity contribution < 1.29 is 17.9 Å². The van der Waals surface area contributed by atoms with E-state index in [1.807, 2.05) is 0 Å². The van der Waals surface area contributed by atoms with Crippen molar-refractivity contribution in [2.75, 3.05) is 0 Å². The molecule has 0 unspecified atom stereocenters. The van der Waals surface area contributed by atoms with E-state index in [-0.39, 0.29) is 5.75 Å². The van der Waals surface area contributed by atoms with Crippen LogP contribution in [-0.2, 0) is 0 Å². The quantitative estimate of drug-likeness (QED) is 0.702. The lowest BCUT2D eigenvalue weighted by Gasteiger charge is -2.07. The first-order valence-electron chi connectivity index (χ1n) is 3.61. The van der Waals surface area contributed by atoms with Crippen LogP contribution in [0.4, 0.5) is 13.2 Å². The molecule has 0 aliphatic rings. The molecule has 0 amide bonds. The smallest absolute Gasteiger partial charge is 0.406 e. The first-order valence-corrected chi connectivity index (χ1v) is 3.61. The molecule has 0 radical (unpaired) electrons. The van der Waals surface area contributed by atoms with E-state index in [0.29, 0.717) is 0 Å². The van der Waals surface area contributed by atoms with Crippen molar-refractivity contribution >= 4 is 0 Å². The van der Waals surface area contributed by atoms with Crippen molar-refractivity contribution in [3.8, 4) is 11.8 Å². The van der Waals surface area contributed by atoms with Crippen LogP contribution < -0.4 is 4.74 Å². The molecule has 5 heteroatoms. The van der Waals surface area contributed by atoms with Gasteiger partial charge in [-0.25, -0.2) is 0 Å². The minimum Gasteiger partial charge on any atom is -0.406 e. The molecule has 0 aliphatic heterocycles. The van der Waals surface area contributed by atoms with E-state index in [0.717, 1.165) is 0 Å². The third-order valence-corrected chi connectivity index (χ3v) is 0.977. The number of nitriles is 1. The van der Waals surface area contributed by atoms with E-state index in [2.05, 4.69) is 4.74 Å². The fourth-order valence-corrected chi connectivity index (χ4v) is 0.622. The van der Waals surface area contributed by atoms with Gasteiger partial charge >= 0.3 is 6.36 Å². The number of nitrogens with zero attached hydrogens (tertiary/aromatic N) is 1. The Labute approximate surface area is 79.5 Å². The van der Waals surface area contributed by atoms with Crippen molar-refractivity contribution in [1.29, 1.82) is 5.26 Å². The van der Waals surface area contributed by atoms with Crippen LogP contribution in [0.1, 0.15) is 6.92 Å². The fourth-order valence-electron chi connectivity index (χ4n) is 0.622. The SMILES string of the molecule is CC#N.FC(F)(F)Oc1ccccc1. The highest BCUT2D eigenvalue weighted by molar-refractivity contribution is 5.20. The summed E-state index contributed by atoms with van der Waals surface area (Å²) in [5.74, 6) is -0.194. The van der Waals surface area contributed by atoms with E-state index >= 15 is 0 Å². The van der Waals surface area contributed by atoms with Crippen LogP contribution in [-0.4, -0.2) is 6.36 Å². The molecule has 0 saturated carbocycles. The van der Waals surface area contributed by atoms with Crippen molar-refractivity contribution in [2.45, 2.75) is 13.3 Å². The van der Waals surface area contributed by atoms with Gasteiger partial charge in [0.2, 0.25) is 0 Å². The summed E-state index contributed by atoms with van der Waals surface area (Å²) < 4.78 is 38.2. The average Bonchev–Trinajstić information content (AvgIpc) is 2.04. The molecular formula is C9H8F3NO. The maximum Gasteiger partial charge on any atom is 0.573 e. The van der Waals surface area contributed by atoms with Gasteiger partial charge in [0.05, 0.1) is 6.07 Å². The summed E-state index contributed by atoms with van der Waals surface area (Å²) in [6.07, 6.45) is -4.60. The molecule has 1 aromatic carbocycles. The van der Waals surface area contributed by atoms with Gasteiger partial charge in [-0.2, -0.15) is 5.26 Å². The number of rotatable bonds is 1. The molecule has 2 nitrogen and oxygen atoms in total. The number of hydrogen-bond acceptors (Lipinski definition) is 2. The van der Waals surface area contributed by atoms with Crippen LogP contribution >= 0.6 is 0 Å². The van der Waals surface area contributed by atoms with Crippen molar-refractivity contribution in [2.24, 2.45) is 0 Å². The van der Waals surface area contributed by atoms with Gasteiger partial charge in [-0.1, -0.05) is 18.2 Å². The molecule has 76 valence electrons. The van der Waals surface area contributed by atoms with E-state index in [9.17, 15) is 13.2 Å². The van der Waals surface area contributed by atoms with Gasteiger partial charge in [0.1, 0.15) is 5.75 Å². The van der Waals surface area contributed by atoms with Crippen LogP contribution in [0.5, 0.6) is 5.75 Å². The van der Waals surface area contributed by atoms with Gasteiger partial charge in [-0.15, -0.1) is 13.2 Å². The molecule has 0 aromatic heterocycles. The third kappa shape index (κ3) is 6.98. The predicted octanol–water partition coefficient (Wildman–Crippen LogP) is 3.12. The number of ether oxygens (including phenoxy) is 1. The Morgan fingerprint density at radius 2 is 1.64 bits per heavy atom. The Bertz CT molecular complexity index is 289. The van der Waals surface area contributed by atoms with Crippen LogP contribution in [0.15, 0.2) is 30.3 Å². The van der Waals surface area contributed by atoms with E-state index in [4.69, 9.17) is 5.26 Å². The summed E-state index contributed by atoms with van der Waals surface area (Å²) >= 11 is 0. The second-order valence-corrected chi connectivity index (χ2v) is 2.08. The Hall–Kier alpha value is -1.70. The second-order valence-electron chi connectivity index (χ2n) is 2.08. The maximum atomic E-state index is 11.5. The Balaban J connectivity index is 0.000000500. The molecule has 0 N–H and O–H groups in total. The highest BCUT2D eigenvalue weighted by Crippen LogP contribution is 2.21. The second kappa shape index (κ2) is 5.86. The molecule has 0 fully saturated rings. The Kier molecular flexibility index (Phi) is 5.15. The number of halogens is 3. The maximum absolute atomic E-state index is 11.5. The van der Waals surface area contributed by atoms with E-state index < -0.39 is 6.36 Å². The molecule has 0 heterocycles. The molecular weight excluding hydrogens is 195 g/mol. The third-order valence-electron chi connectivity index (χ3n) is 0.977. The molecule has 0 spiro atoms. The van der Waals surface area contributed by atoms with Gasteiger partial charge in [0.25, 0.3) is 0 Å². The van der Waals surface area contributed by atoms with Crippen LogP contribution in [0.2, 0.25) is 0 Å². The zero-order valence-corrected chi connectivity index (χ0v) is 7.38. The highest BCUT2D eigenvalue weighted by Gasteiger charge is 2.30. The van der Waals surface area contributed by atoms with Crippen LogP contribution in [0.3, 0.4) is 0 Å². The largest absolute Gasteiger partial charge is 0.573 e. The number of hydrogen-bond donors (Lipinski definition) is 0. The molecule has 14 heavy (non-hydrogen) atoms. The van der Waals surface area contributed by atoms with Crippen LogP contribution in [0.25, 0.3) is 0 Å². The topological polar surface area (TPSA) is 33.0 Å². The van der Waals surface area contributed by atoms with Gasteiger partial charge in [0.15, 0.2) is 0 Å². The molecule has 1 aromatic rings. The van der Waals surface area contributed by atoms with Gasteiger partial charge in [-0.3, -0.25) is 0 Å². The minimum atomic E-state index is -4.60. The minimum absolute atomic E-state index is 0.194. The van der Waals surface area contributed by atoms with Crippen molar-refractivity contribution in [3.05, 3.63) is 30.3 Å². The summed E-state index contributed by atoms with van der Waals surface area (Å²) in [5, 5.41) is 7.32. The standard InChI is InChI=1S/C7H5F3O.C2H3N/c8-7(9,10)11-6-4-2-1-3-5-6;1-2-3/h1-5H;1H3. The van der Waals surface area contributed by atoms with Gasteiger partial charge in [-0.05, 0) is 12.1 Å². The van der Waals surface area contributed by atoms with E-state index in [1.165, 1.54) is 31.2 Å². The Morgan fingerprint density at radius 1 is 1.21 bits per heavy atom. The molecule has 0 saturated heterocycles. The lowest BCUT2D eigenvalue weighted by Crippen LogP contribution is -2.16. The summed E-state index contributed by atoms with van der Waals surface area (Å²) in [7, 11) is 0. The monoisotopic (exact) mass is 203 g/mol. The lowest BCUT2D eigenvalue weighted by atomic mass is 10.3. The van der Waals surface area contributed by atoms with Crippen molar-refractivity contribution in [3.63, 3.8) is 0 Å². The lowest BCUT2D eigenvalue weighted by molar-refractivity contribution is -0.274. The zero-order chi connectivity index (χ0) is 11.0. The van der Waals surface area contributed by atoms with Gasteiger partial charge in [0, 0.05) is 6.92 Å². The number of para-hydroxylation sites is 1. The summed E-state index contributed by atoms with van der Waals surface area (Å²) in [6.45, 7) is 1.43. The highest BCUT2D eigenvalue weighted by atomic mass is 19.4. The van der Waals surface area contributed by atoms with Crippen molar-refractivity contribution in [1.82, 2.24) is 0 Å². The summed E-state index contributed by atoms with van der Waals surface area (Å²) in [4.78, 5) is 0. The van der Waals surface area contributed by atoms with Crippen LogP contribution in [0, 0.1) is 11.3 Å².